The first-order valence-electron chi connectivity index (χ1n) is 47.6. The van der Waals surface area contributed by atoms with Gasteiger partial charge in [-0.2, -0.15) is 0 Å². The summed E-state index contributed by atoms with van der Waals surface area (Å²) in [6.07, 6.45) is 38.3. The summed E-state index contributed by atoms with van der Waals surface area (Å²) in [7, 11) is 0. The minimum Gasteiger partial charge on any atom is -0.462 e. The molecule has 126 heavy (non-hydrogen) atoms. The highest BCUT2D eigenvalue weighted by Crippen LogP contribution is 2.40. The molecule has 0 aliphatic heterocycles. The Bertz CT molecular complexity index is 4320. The highest BCUT2D eigenvalue weighted by molar-refractivity contribution is 5.97. The summed E-state index contributed by atoms with van der Waals surface area (Å²) in [5.74, 6) is 19.5. The van der Waals surface area contributed by atoms with E-state index in [1.54, 1.807) is 72.8 Å². The minimum absolute atomic E-state index is 0.332. The first-order valence-corrected chi connectivity index (χ1v) is 47.6. The zero-order valence-electron chi connectivity index (χ0n) is 75.9. The van der Waals surface area contributed by atoms with Gasteiger partial charge in [-0.05, 0) is 214 Å². The Kier molecular flexibility index (Phi) is 41.7. The summed E-state index contributed by atoms with van der Waals surface area (Å²) in [6.45, 7) is 15.2. The average molecular weight is 1690 g/mol. The third-order valence-corrected chi connectivity index (χ3v) is 23.4. The van der Waals surface area contributed by atoms with Crippen molar-refractivity contribution in [1.29, 1.82) is 0 Å². The van der Waals surface area contributed by atoms with Gasteiger partial charge in [-0.25, -0.2) is 28.8 Å². The zero-order valence-corrected chi connectivity index (χ0v) is 75.9. The van der Waals surface area contributed by atoms with E-state index in [9.17, 15) is 28.8 Å². The third kappa shape index (κ3) is 30.7. The highest BCUT2D eigenvalue weighted by atomic mass is 16.6. The van der Waals surface area contributed by atoms with E-state index in [-0.39, 0.29) is 0 Å². The summed E-state index contributed by atoms with van der Waals surface area (Å²) in [5, 5.41) is 0. The van der Waals surface area contributed by atoms with Crippen molar-refractivity contribution in [3.05, 3.63) is 249 Å². The first kappa shape index (κ1) is 96.7. The van der Waals surface area contributed by atoms with Gasteiger partial charge in [-0.1, -0.05) is 342 Å². The van der Waals surface area contributed by atoms with Crippen LogP contribution in [0.4, 0.5) is 0 Å². The van der Waals surface area contributed by atoms with Crippen LogP contribution in [-0.4, -0.2) is 75.5 Å². The topological polar surface area (TPSA) is 158 Å². The molecule has 0 atom stereocenters. The number of ether oxygens (including phenoxy) is 6. The monoisotopic (exact) mass is 1690 g/mol. The fraction of sp³-hybridized carbons (Fsp3) is 0.421. The number of hydrogen-bond acceptors (Lipinski definition) is 12. The number of carbonyl (C=O) groups excluding carboxylic acids is 6. The third-order valence-electron chi connectivity index (χ3n) is 23.4. The Labute approximate surface area is 751 Å². The smallest absolute Gasteiger partial charge is 0.338 e. The molecular formula is C114H132O12. The molecule has 0 N–H and O–H groups in total. The standard InChI is InChI=1S/C114H132O12/c1-7-13-19-25-31-37-73-121-109(115)91-55-43-85(44-56-91)103-79-97-67-68-99-81-105(87-47-59-93(60-48-87)111(117)123-75-39-33-27-21-15-9-3)107(89-51-63-95(64-52-89)113(119)125-77-41-35-29-23-17-11-5)83-101(99)71-72-102-84-108(90-53-65-96(66-54-90)114(120)126-78-42-36-30-24-18-12-6)106(88-49-61-94(62-50-88)112(118)124-76-40-34-28-22-16-10-4)82-100(102)70-69-98(97)80-104(103)86-45-57-92(58-46-86)110(116)122-74-38-32-26-20-14-8-2/h43-66,79-84H,7-42,73-78H2,1-6H3. The van der Waals surface area contributed by atoms with Crippen LogP contribution in [0.1, 0.15) is 368 Å². The Morgan fingerprint density at radius 1 is 0.175 bits per heavy atom. The Morgan fingerprint density at radius 2 is 0.294 bits per heavy atom. The van der Waals surface area contributed by atoms with Crippen molar-refractivity contribution in [2.24, 2.45) is 0 Å². The van der Waals surface area contributed by atoms with E-state index in [0.29, 0.717) is 106 Å². The molecule has 0 saturated heterocycles. The highest BCUT2D eigenvalue weighted by Gasteiger charge is 2.22. The predicted molar refractivity (Wildman–Crippen MR) is 512 cm³/mol. The van der Waals surface area contributed by atoms with Crippen molar-refractivity contribution in [1.82, 2.24) is 0 Å². The maximum atomic E-state index is 13.8. The number of benzene rings is 9. The maximum absolute atomic E-state index is 13.8. The van der Waals surface area contributed by atoms with Crippen molar-refractivity contribution in [3.8, 4) is 102 Å². The summed E-state index contributed by atoms with van der Waals surface area (Å²) >= 11 is 0. The van der Waals surface area contributed by atoms with Crippen LogP contribution in [0.15, 0.2) is 182 Å². The zero-order chi connectivity index (χ0) is 88.7. The van der Waals surface area contributed by atoms with E-state index in [2.05, 4.69) is 77.1 Å². The lowest BCUT2D eigenvalue weighted by Gasteiger charge is -2.16. The molecule has 9 aromatic carbocycles. The quantitative estimate of drug-likeness (QED) is 0.0154. The number of carbonyl (C=O) groups is 6. The lowest BCUT2D eigenvalue weighted by Crippen LogP contribution is -2.06. The van der Waals surface area contributed by atoms with Crippen LogP contribution < -0.4 is 0 Å². The summed E-state index contributed by atoms with van der Waals surface area (Å²) in [6, 6.07) is 57.0. The van der Waals surface area contributed by atoms with Crippen LogP contribution in [-0.2, 0) is 28.4 Å². The fourth-order valence-electron chi connectivity index (χ4n) is 15.8. The van der Waals surface area contributed by atoms with E-state index in [0.717, 1.165) is 259 Å². The molecule has 10 rings (SSSR count). The second-order valence-corrected chi connectivity index (χ2v) is 33.5. The van der Waals surface area contributed by atoms with Gasteiger partial charge in [0.1, 0.15) is 0 Å². The van der Waals surface area contributed by atoms with Crippen molar-refractivity contribution < 1.29 is 57.2 Å². The van der Waals surface area contributed by atoms with Crippen LogP contribution >= 0.6 is 0 Å². The van der Waals surface area contributed by atoms with Crippen molar-refractivity contribution >= 4 is 35.8 Å². The predicted octanol–water partition coefficient (Wildman–Crippen LogP) is 29.3. The van der Waals surface area contributed by atoms with Crippen molar-refractivity contribution in [2.75, 3.05) is 39.6 Å². The number of rotatable bonds is 54. The van der Waals surface area contributed by atoms with Gasteiger partial charge in [0, 0.05) is 33.4 Å². The van der Waals surface area contributed by atoms with Crippen LogP contribution in [0.5, 0.6) is 0 Å². The van der Waals surface area contributed by atoms with E-state index >= 15 is 0 Å². The van der Waals surface area contributed by atoms with Crippen LogP contribution in [0, 0.1) is 35.5 Å². The second kappa shape index (κ2) is 54.4. The van der Waals surface area contributed by atoms with E-state index < -0.39 is 35.8 Å². The molecule has 1 aliphatic rings. The minimum atomic E-state index is -0.398. The number of hydrogen-bond donors (Lipinski definition) is 0. The Hall–Kier alpha value is -11.5. The molecule has 660 valence electrons. The van der Waals surface area contributed by atoms with E-state index in [1.165, 1.54) is 38.5 Å². The molecule has 9 aromatic rings. The molecule has 1 aliphatic carbocycles. The lowest BCUT2D eigenvalue weighted by atomic mass is 9.87. The molecule has 0 amide bonds. The maximum Gasteiger partial charge on any atom is 0.338 e. The van der Waals surface area contributed by atoms with Gasteiger partial charge in [-0.15, -0.1) is 0 Å². The molecular weight excluding hydrogens is 1560 g/mol. The summed E-state index contributed by atoms with van der Waals surface area (Å²) in [4.78, 5) is 82.6. The SMILES string of the molecule is CCCCCCCCOC(=O)c1ccc(-c2cc3c(cc2-c2ccc(C(=O)OCCCCCCCC)cc2)C#Cc2cc(-c4ccc(C(=O)OCCCCCCCC)cc4)c(-c4ccc(C(=O)OCCCCCCCC)cc4)cc2C#Cc2cc(-c4ccc(C(=O)OCCCCCCCC)cc4)c(-c4ccc(C(=O)OCCCCCCCC)cc4)cc2C#C3)cc1. The Morgan fingerprint density at radius 3 is 0.421 bits per heavy atom. The number of esters is 6. The molecule has 0 fully saturated rings. The second-order valence-electron chi connectivity index (χ2n) is 33.5. The number of fused-ring (bicyclic) bond motifs is 3. The van der Waals surface area contributed by atoms with Crippen molar-refractivity contribution in [3.63, 3.8) is 0 Å². The molecule has 0 spiro atoms. The van der Waals surface area contributed by atoms with E-state index in [1.807, 2.05) is 109 Å². The van der Waals surface area contributed by atoms with E-state index in [4.69, 9.17) is 28.4 Å². The molecule has 12 nitrogen and oxygen atoms in total. The van der Waals surface area contributed by atoms with Gasteiger partial charge in [0.15, 0.2) is 0 Å². The molecule has 0 saturated carbocycles. The average Bonchev–Trinajstić information content (AvgIpc) is 0.773. The van der Waals surface area contributed by atoms with Crippen LogP contribution in [0.3, 0.4) is 0 Å². The molecule has 0 aromatic heterocycles. The van der Waals surface area contributed by atoms with Gasteiger partial charge in [0.25, 0.3) is 0 Å². The molecule has 0 unspecified atom stereocenters. The Balaban J connectivity index is 1.16. The summed E-state index contributed by atoms with van der Waals surface area (Å²) in [5.41, 5.74) is 15.4. The van der Waals surface area contributed by atoms with Gasteiger partial charge in [0.2, 0.25) is 0 Å². The normalized spacial score (nSPS) is 11.2. The number of unbranched alkanes of at least 4 members (excludes halogenated alkanes) is 30. The van der Waals surface area contributed by atoms with Gasteiger partial charge in [-0.3, -0.25) is 0 Å². The molecule has 0 radical (unpaired) electrons. The molecule has 0 bridgehead atoms. The largest absolute Gasteiger partial charge is 0.462 e. The molecule has 0 heterocycles. The van der Waals surface area contributed by atoms with Crippen LogP contribution in [0.2, 0.25) is 0 Å². The lowest BCUT2D eigenvalue weighted by molar-refractivity contribution is 0.0488. The van der Waals surface area contributed by atoms with Gasteiger partial charge < -0.3 is 28.4 Å². The van der Waals surface area contributed by atoms with Crippen molar-refractivity contribution in [2.45, 2.75) is 273 Å². The molecule has 12 heteroatoms. The van der Waals surface area contributed by atoms with Gasteiger partial charge in [0.05, 0.1) is 73.0 Å². The summed E-state index contributed by atoms with van der Waals surface area (Å²) < 4.78 is 35.1. The first-order chi connectivity index (χ1) is 61.8. The van der Waals surface area contributed by atoms with Crippen LogP contribution in [0.25, 0.3) is 66.8 Å². The van der Waals surface area contributed by atoms with Gasteiger partial charge >= 0.3 is 35.8 Å². The fourth-order valence-corrected chi connectivity index (χ4v) is 15.8.